The Kier molecular flexibility index (Phi) is 2.29. The van der Waals surface area contributed by atoms with Crippen LogP contribution in [-0.4, -0.2) is 10.9 Å². The van der Waals surface area contributed by atoms with Crippen molar-refractivity contribution in [1.29, 1.82) is 0 Å². The Morgan fingerprint density at radius 1 is 1.62 bits per heavy atom. The van der Waals surface area contributed by atoms with Gasteiger partial charge in [-0.05, 0) is 13.0 Å². The Balaban J connectivity index is 3.14. The van der Waals surface area contributed by atoms with Crippen LogP contribution < -0.4 is 11.5 Å². The number of rotatable bonds is 2. The van der Waals surface area contributed by atoms with Crippen molar-refractivity contribution in [2.24, 2.45) is 11.5 Å². The van der Waals surface area contributed by atoms with Crippen molar-refractivity contribution in [3.05, 3.63) is 29.8 Å². The summed E-state index contributed by atoms with van der Waals surface area (Å²) >= 11 is 0. The van der Waals surface area contributed by atoms with Gasteiger partial charge in [0.1, 0.15) is 11.4 Å². The van der Waals surface area contributed by atoms with Crippen LogP contribution in [-0.2, 0) is 10.3 Å². The van der Waals surface area contributed by atoms with Crippen LogP contribution in [0.25, 0.3) is 0 Å². The molecule has 0 spiro atoms. The lowest BCUT2D eigenvalue weighted by molar-refractivity contribution is -0.122. The maximum absolute atomic E-state index is 12.7. The summed E-state index contributed by atoms with van der Waals surface area (Å²) in [6, 6.07) is 1.14. The summed E-state index contributed by atoms with van der Waals surface area (Å²) in [5.41, 5.74) is 9.49. The second-order valence-corrected chi connectivity index (χ2v) is 2.96. The van der Waals surface area contributed by atoms with Crippen LogP contribution in [0.5, 0.6) is 0 Å². The first kappa shape index (κ1) is 9.60. The second-order valence-electron chi connectivity index (χ2n) is 2.96. The van der Waals surface area contributed by atoms with E-state index in [1.165, 1.54) is 13.1 Å². The van der Waals surface area contributed by atoms with Crippen molar-refractivity contribution < 1.29 is 9.18 Å². The number of aromatic nitrogens is 1. The van der Waals surface area contributed by atoms with Gasteiger partial charge >= 0.3 is 0 Å². The molecule has 1 heterocycles. The fourth-order valence-electron chi connectivity index (χ4n) is 0.838. The van der Waals surface area contributed by atoms with Gasteiger partial charge in [0.05, 0.1) is 6.20 Å². The molecule has 0 aromatic carbocycles. The van der Waals surface area contributed by atoms with Gasteiger partial charge in [-0.3, -0.25) is 9.78 Å². The normalized spacial score (nSPS) is 15.0. The molecule has 0 bridgehead atoms. The molecule has 1 aromatic heterocycles. The maximum atomic E-state index is 12.7. The zero-order valence-corrected chi connectivity index (χ0v) is 7.12. The molecule has 0 fully saturated rings. The Labute approximate surface area is 74.8 Å². The van der Waals surface area contributed by atoms with E-state index in [0.29, 0.717) is 0 Å². The minimum Gasteiger partial charge on any atom is -0.368 e. The van der Waals surface area contributed by atoms with E-state index in [4.69, 9.17) is 11.5 Å². The molecule has 0 aliphatic rings. The number of carbonyl (C=O) groups is 1. The van der Waals surface area contributed by atoms with E-state index in [1.54, 1.807) is 0 Å². The molecule has 0 saturated heterocycles. The van der Waals surface area contributed by atoms with Crippen LogP contribution in [0.4, 0.5) is 4.39 Å². The first-order chi connectivity index (χ1) is 5.94. The highest BCUT2D eigenvalue weighted by molar-refractivity contribution is 5.85. The van der Waals surface area contributed by atoms with E-state index in [2.05, 4.69) is 4.98 Å². The smallest absolute Gasteiger partial charge is 0.241 e. The number of halogens is 1. The first-order valence-corrected chi connectivity index (χ1v) is 3.64. The highest BCUT2D eigenvalue weighted by atomic mass is 19.1. The van der Waals surface area contributed by atoms with E-state index < -0.39 is 17.3 Å². The van der Waals surface area contributed by atoms with E-state index in [1.807, 2.05) is 0 Å². The molecule has 70 valence electrons. The van der Waals surface area contributed by atoms with Crippen LogP contribution in [0.15, 0.2) is 18.5 Å². The predicted octanol–water partition coefficient (Wildman–Crippen LogP) is -0.120. The molecular formula is C8H10FN3O. The quantitative estimate of drug-likeness (QED) is 0.670. The molecule has 5 heteroatoms. The molecule has 1 unspecified atom stereocenters. The van der Waals surface area contributed by atoms with Gasteiger partial charge in [-0.2, -0.15) is 0 Å². The van der Waals surface area contributed by atoms with E-state index in [9.17, 15) is 9.18 Å². The van der Waals surface area contributed by atoms with Crippen molar-refractivity contribution in [3.63, 3.8) is 0 Å². The lowest BCUT2D eigenvalue weighted by Crippen LogP contribution is -2.46. The van der Waals surface area contributed by atoms with Crippen molar-refractivity contribution in [3.8, 4) is 0 Å². The monoisotopic (exact) mass is 183 g/mol. The Morgan fingerprint density at radius 3 is 2.69 bits per heavy atom. The lowest BCUT2D eigenvalue weighted by atomic mass is 9.94. The van der Waals surface area contributed by atoms with E-state index >= 15 is 0 Å². The summed E-state index contributed by atoms with van der Waals surface area (Å²) in [5, 5.41) is 0. The molecule has 4 nitrogen and oxygen atoms in total. The summed E-state index contributed by atoms with van der Waals surface area (Å²) in [5.74, 6) is -1.27. The van der Waals surface area contributed by atoms with Gasteiger partial charge in [-0.1, -0.05) is 0 Å². The SMILES string of the molecule is CC(N)(C(N)=O)c1cncc(F)c1. The summed E-state index contributed by atoms with van der Waals surface area (Å²) < 4.78 is 12.7. The Morgan fingerprint density at radius 2 is 2.23 bits per heavy atom. The molecule has 13 heavy (non-hydrogen) atoms. The summed E-state index contributed by atoms with van der Waals surface area (Å²) in [6.45, 7) is 1.41. The third-order valence-electron chi connectivity index (χ3n) is 1.82. The van der Waals surface area contributed by atoms with Crippen molar-refractivity contribution in [1.82, 2.24) is 4.98 Å². The van der Waals surface area contributed by atoms with Crippen molar-refractivity contribution in [2.75, 3.05) is 0 Å². The fourth-order valence-corrected chi connectivity index (χ4v) is 0.838. The van der Waals surface area contributed by atoms with Crippen molar-refractivity contribution >= 4 is 5.91 Å². The van der Waals surface area contributed by atoms with Gasteiger partial charge in [-0.15, -0.1) is 0 Å². The minimum atomic E-state index is -1.38. The zero-order valence-electron chi connectivity index (χ0n) is 7.12. The van der Waals surface area contributed by atoms with Gasteiger partial charge in [0.25, 0.3) is 0 Å². The molecule has 1 atom stereocenters. The number of nitrogens with two attached hydrogens (primary N) is 2. The van der Waals surface area contributed by atoms with Crippen molar-refractivity contribution in [2.45, 2.75) is 12.5 Å². The number of hydrogen-bond acceptors (Lipinski definition) is 3. The summed E-state index contributed by atoms with van der Waals surface area (Å²) in [6.07, 6.45) is 2.34. The second kappa shape index (κ2) is 3.10. The number of carbonyl (C=O) groups excluding carboxylic acids is 1. The standard InChI is InChI=1S/C8H10FN3O/c1-8(11,7(10)13)5-2-6(9)4-12-3-5/h2-4H,11H2,1H3,(H2,10,13). The predicted molar refractivity (Wildman–Crippen MR) is 44.9 cm³/mol. The highest BCUT2D eigenvalue weighted by Crippen LogP contribution is 2.16. The average Bonchev–Trinajstić information content (AvgIpc) is 2.04. The van der Waals surface area contributed by atoms with Gasteiger partial charge in [0.15, 0.2) is 0 Å². The average molecular weight is 183 g/mol. The molecule has 1 aromatic rings. The fraction of sp³-hybridized carbons (Fsp3) is 0.250. The molecule has 1 rings (SSSR count). The van der Waals surface area contributed by atoms with E-state index in [0.717, 1.165) is 12.3 Å². The van der Waals surface area contributed by atoms with Gasteiger partial charge < -0.3 is 11.5 Å². The van der Waals surface area contributed by atoms with Crippen LogP contribution in [0.1, 0.15) is 12.5 Å². The zero-order chi connectivity index (χ0) is 10.1. The number of amides is 1. The van der Waals surface area contributed by atoms with Crippen LogP contribution in [0.2, 0.25) is 0 Å². The third-order valence-corrected chi connectivity index (χ3v) is 1.82. The Hall–Kier alpha value is -1.49. The molecular weight excluding hydrogens is 173 g/mol. The topological polar surface area (TPSA) is 82.0 Å². The first-order valence-electron chi connectivity index (χ1n) is 3.64. The Bertz CT molecular complexity index is 338. The van der Waals surface area contributed by atoms with Gasteiger partial charge in [-0.25, -0.2) is 4.39 Å². The van der Waals surface area contributed by atoms with Gasteiger partial charge in [0.2, 0.25) is 5.91 Å². The molecule has 4 N–H and O–H groups in total. The largest absolute Gasteiger partial charge is 0.368 e. The minimum absolute atomic E-state index is 0.264. The maximum Gasteiger partial charge on any atom is 0.241 e. The molecule has 1 amide bonds. The number of nitrogens with zero attached hydrogens (tertiary/aromatic N) is 1. The number of primary amides is 1. The molecule has 0 aliphatic carbocycles. The molecule has 0 aliphatic heterocycles. The van der Waals surface area contributed by atoms with E-state index in [-0.39, 0.29) is 5.56 Å². The lowest BCUT2D eigenvalue weighted by Gasteiger charge is -2.20. The molecule has 0 radical (unpaired) electrons. The summed E-state index contributed by atoms with van der Waals surface area (Å²) in [4.78, 5) is 14.4. The van der Waals surface area contributed by atoms with Gasteiger partial charge in [0, 0.05) is 11.8 Å². The van der Waals surface area contributed by atoms with Crippen LogP contribution in [0, 0.1) is 5.82 Å². The van der Waals surface area contributed by atoms with Crippen LogP contribution >= 0.6 is 0 Å². The summed E-state index contributed by atoms with van der Waals surface area (Å²) in [7, 11) is 0. The number of hydrogen-bond donors (Lipinski definition) is 2. The van der Waals surface area contributed by atoms with Crippen LogP contribution in [0.3, 0.4) is 0 Å². The highest BCUT2D eigenvalue weighted by Gasteiger charge is 2.28. The molecule has 0 saturated carbocycles. The number of pyridine rings is 1. The third kappa shape index (κ3) is 1.81.